The van der Waals surface area contributed by atoms with Gasteiger partial charge < -0.3 is 0 Å². The molecule has 8 aromatic heterocycles. The molecule has 0 bridgehead atoms. The van der Waals surface area contributed by atoms with Gasteiger partial charge in [0.1, 0.15) is 0 Å². The Bertz CT molecular complexity index is 4100. The van der Waals surface area contributed by atoms with Crippen molar-refractivity contribution in [2.24, 2.45) is 0 Å². The summed E-state index contributed by atoms with van der Waals surface area (Å²) in [5.74, 6) is -0.805. The summed E-state index contributed by atoms with van der Waals surface area (Å²) in [6, 6.07) is 48.5. The molecule has 5 aliphatic rings. The van der Waals surface area contributed by atoms with Crippen molar-refractivity contribution in [1.82, 2.24) is 23.3 Å². The van der Waals surface area contributed by atoms with Gasteiger partial charge in [0.15, 0.2) is 18.6 Å². The lowest BCUT2D eigenvalue weighted by atomic mass is 9.94. The van der Waals surface area contributed by atoms with E-state index in [0.29, 0.717) is 0 Å². The van der Waals surface area contributed by atoms with Crippen molar-refractivity contribution in [1.29, 1.82) is 0 Å². The molecule has 17 rings (SSSR count). The van der Waals surface area contributed by atoms with E-state index in [-0.39, 0.29) is 6.29 Å². The third-order valence-corrected chi connectivity index (χ3v) is 14.9. The van der Waals surface area contributed by atoms with Crippen LogP contribution in [0, 0.1) is 0 Å². The van der Waals surface area contributed by atoms with Gasteiger partial charge in [0.05, 0.1) is 54.9 Å². The Balaban J connectivity index is 1.06. The fourth-order valence-electron chi connectivity index (χ4n) is 12.9. The van der Waals surface area contributed by atoms with Crippen LogP contribution >= 0.6 is 0 Å². The molecule has 0 aliphatic carbocycles. The summed E-state index contributed by atoms with van der Waals surface area (Å²) in [4.78, 5) is 4.57. The van der Waals surface area contributed by atoms with Gasteiger partial charge in [0.25, 0.3) is 0 Å². The molecule has 276 valence electrons. The second-order valence-corrected chi connectivity index (χ2v) is 17.5. The zero-order valence-corrected chi connectivity index (χ0v) is 32.1. The van der Waals surface area contributed by atoms with E-state index in [1.165, 1.54) is 116 Å². The van der Waals surface area contributed by atoms with Crippen molar-refractivity contribution in [2.75, 3.05) is 0 Å². The number of hydrogen-bond acceptors (Lipinski definition) is 1. The number of benzene rings is 4. The Hall–Kier alpha value is -7.84. The van der Waals surface area contributed by atoms with Crippen LogP contribution in [0.2, 0.25) is 0 Å². The SMILES string of the molecule is c1ccc2c(c1)cc1n2C2n3c(cc4cccc(c43)-c3c4cc[n+]5c(c4cc[n+]32)-c2cccc3cc4n(c23)C52n3c(cc5cccc(c53)-c3c5ccncc5cc[n+]32)C4)C1. The van der Waals surface area contributed by atoms with Crippen LogP contribution in [0.5, 0.6) is 0 Å². The van der Waals surface area contributed by atoms with Crippen LogP contribution in [-0.2, 0) is 18.8 Å². The van der Waals surface area contributed by atoms with Crippen LogP contribution < -0.4 is 13.7 Å². The first-order valence-electron chi connectivity index (χ1n) is 21.0. The Kier molecular flexibility index (Phi) is 4.59. The van der Waals surface area contributed by atoms with Crippen molar-refractivity contribution in [3.63, 3.8) is 0 Å². The predicted octanol–water partition coefficient (Wildman–Crippen LogP) is 8.58. The summed E-state index contributed by atoms with van der Waals surface area (Å²) in [7, 11) is 0. The number of para-hydroxylation sites is 4. The lowest BCUT2D eigenvalue weighted by Gasteiger charge is -2.38. The number of nitrogens with zero attached hydrogens (tertiary/aromatic N) is 8. The molecule has 60 heavy (non-hydrogen) atoms. The van der Waals surface area contributed by atoms with E-state index in [1.54, 1.807) is 0 Å². The lowest BCUT2D eigenvalue weighted by Crippen LogP contribution is -2.84. The molecule has 0 saturated heterocycles. The average molecular weight is 768 g/mol. The zero-order chi connectivity index (χ0) is 38.3. The molecule has 0 N–H and O–H groups in total. The van der Waals surface area contributed by atoms with Gasteiger partial charge in [-0.3, -0.25) is 14.1 Å². The lowest BCUT2D eigenvalue weighted by molar-refractivity contribution is -1.000. The summed E-state index contributed by atoms with van der Waals surface area (Å²) in [6.45, 7) is 0. The van der Waals surface area contributed by atoms with E-state index in [9.17, 15) is 0 Å². The van der Waals surface area contributed by atoms with Crippen molar-refractivity contribution in [3.05, 3.63) is 181 Å². The van der Waals surface area contributed by atoms with Crippen LogP contribution in [0.4, 0.5) is 0 Å². The molecule has 13 heterocycles. The van der Waals surface area contributed by atoms with Gasteiger partial charge in [-0.25, -0.2) is 9.13 Å². The Morgan fingerprint density at radius 3 is 1.85 bits per heavy atom. The molecule has 4 aromatic carbocycles. The highest BCUT2D eigenvalue weighted by Gasteiger charge is 2.66. The van der Waals surface area contributed by atoms with Gasteiger partial charge in [-0.05, 0) is 54.6 Å². The average Bonchev–Trinajstić information content (AvgIpc) is 4.07. The Morgan fingerprint density at radius 1 is 0.483 bits per heavy atom. The van der Waals surface area contributed by atoms with Crippen LogP contribution in [0.3, 0.4) is 0 Å². The maximum atomic E-state index is 4.57. The van der Waals surface area contributed by atoms with Crippen molar-refractivity contribution >= 4 is 65.2 Å². The summed E-state index contributed by atoms with van der Waals surface area (Å²) in [5, 5.41) is 9.97. The second-order valence-electron chi connectivity index (χ2n) is 17.5. The quantitative estimate of drug-likeness (QED) is 0.143. The molecule has 0 fully saturated rings. The van der Waals surface area contributed by atoms with E-state index in [0.717, 1.165) is 18.2 Å². The van der Waals surface area contributed by atoms with E-state index in [1.807, 2.05) is 12.4 Å². The van der Waals surface area contributed by atoms with Crippen molar-refractivity contribution in [2.45, 2.75) is 25.0 Å². The standard InChI is InChI=1S/C52H31N8/c1-2-13-44-29(6-1)22-34-26-35-23-30-7-3-10-41-45(30)58(35)51(57(34)44)54-19-16-40-39(48(41)54)17-21-56-50(40)43-12-5-9-32-25-37-27-36-24-31-8-4-11-42-46(31)59(36)52(56,60(37)47(32)43)55-20-15-33-28-53-18-14-38(33)49(42)55/h1-25,28,51H,26-27H2/q+3. The number of fused-ring (bicyclic) bond motifs is 16. The van der Waals surface area contributed by atoms with Crippen molar-refractivity contribution < 1.29 is 13.7 Å². The van der Waals surface area contributed by atoms with Gasteiger partial charge >= 0.3 is 12.2 Å². The maximum Gasteiger partial charge on any atom is 0.552 e. The molecule has 0 saturated carbocycles. The van der Waals surface area contributed by atoms with Crippen LogP contribution in [0.1, 0.15) is 29.1 Å². The van der Waals surface area contributed by atoms with Gasteiger partial charge in [-0.1, -0.05) is 63.7 Å². The second kappa shape index (κ2) is 9.38. The molecule has 2 unspecified atom stereocenters. The first-order chi connectivity index (χ1) is 29.8. The molecule has 5 aliphatic heterocycles. The van der Waals surface area contributed by atoms with Crippen LogP contribution in [-0.4, -0.2) is 23.3 Å². The first kappa shape index (κ1) is 29.4. The number of aromatic nitrogens is 8. The summed E-state index contributed by atoms with van der Waals surface area (Å²) >= 11 is 0. The smallest absolute Gasteiger partial charge is 0.267 e. The molecule has 12 aromatic rings. The third-order valence-electron chi connectivity index (χ3n) is 14.9. The zero-order valence-electron chi connectivity index (χ0n) is 32.1. The van der Waals surface area contributed by atoms with E-state index < -0.39 is 5.91 Å². The van der Waals surface area contributed by atoms with E-state index in [2.05, 4.69) is 183 Å². The number of pyridine rings is 4. The summed E-state index contributed by atoms with van der Waals surface area (Å²) < 4.78 is 18.2. The molecule has 0 radical (unpaired) electrons. The summed E-state index contributed by atoms with van der Waals surface area (Å²) in [6.07, 6.45) is 12.8. The monoisotopic (exact) mass is 767 g/mol. The summed E-state index contributed by atoms with van der Waals surface area (Å²) in [5.41, 5.74) is 18.0. The Morgan fingerprint density at radius 2 is 1.07 bits per heavy atom. The molecular formula is C52H31N8+3. The largest absolute Gasteiger partial charge is 0.552 e. The fraction of sp³-hybridized carbons (Fsp3) is 0.0769. The molecule has 8 nitrogen and oxygen atoms in total. The normalized spacial score (nSPS) is 18.1. The minimum absolute atomic E-state index is 0.0601. The molecular weight excluding hydrogens is 737 g/mol. The molecule has 1 spiro atoms. The highest BCUT2D eigenvalue weighted by Crippen LogP contribution is 2.50. The first-order valence-corrected chi connectivity index (χ1v) is 21.0. The van der Waals surface area contributed by atoms with E-state index in [4.69, 9.17) is 0 Å². The third kappa shape index (κ3) is 2.94. The van der Waals surface area contributed by atoms with Gasteiger partial charge in [0.2, 0.25) is 17.1 Å². The molecule has 0 amide bonds. The highest BCUT2D eigenvalue weighted by molar-refractivity contribution is 6.09. The Labute approximate surface area is 340 Å². The predicted molar refractivity (Wildman–Crippen MR) is 231 cm³/mol. The number of hydrogen-bond donors (Lipinski definition) is 0. The van der Waals surface area contributed by atoms with E-state index >= 15 is 0 Å². The minimum Gasteiger partial charge on any atom is -0.267 e. The van der Waals surface area contributed by atoms with Gasteiger partial charge in [-0.15, -0.1) is 0 Å². The molecule has 8 heteroatoms. The van der Waals surface area contributed by atoms with Crippen molar-refractivity contribution in [3.8, 4) is 33.8 Å². The minimum atomic E-state index is -0.805. The topological polar surface area (TPSA) is 44.2 Å². The van der Waals surface area contributed by atoms with Crippen LogP contribution in [0.15, 0.2) is 158 Å². The highest BCUT2D eigenvalue weighted by atomic mass is 15.6. The maximum absolute atomic E-state index is 4.57. The van der Waals surface area contributed by atoms with Crippen LogP contribution in [0.25, 0.3) is 98.9 Å². The van der Waals surface area contributed by atoms with Gasteiger partial charge in [0, 0.05) is 93.1 Å². The van der Waals surface area contributed by atoms with Gasteiger partial charge in [-0.2, -0.15) is 4.57 Å². The fourth-order valence-corrected chi connectivity index (χ4v) is 12.9. The number of rotatable bonds is 0. The molecule has 2 atom stereocenters.